The van der Waals surface area contributed by atoms with Gasteiger partial charge in [0.25, 0.3) is 5.91 Å². The summed E-state index contributed by atoms with van der Waals surface area (Å²) in [5, 5.41) is 4.92. The average Bonchev–Trinajstić information content (AvgIpc) is 2.78. The van der Waals surface area contributed by atoms with Crippen LogP contribution in [0, 0.1) is 29.2 Å². The van der Waals surface area contributed by atoms with E-state index in [1.165, 1.54) is 18.0 Å². The summed E-state index contributed by atoms with van der Waals surface area (Å²) in [5.41, 5.74) is -0.177. The van der Waals surface area contributed by atoms with E-state index in [2.05, 4.69) is 10.6 Å². The molecular formula is C22H21F4N3O3. The molecule has 3 rings (SSSR count). The Bertz CT molecular complexity index is 1040. The van der Waals surface area contributed by atoms with Crippen molar-refractivity contribution in [1.82, 2.24) is 15.5 Å². The highest BCUT2D eigenvalue weighted by molar-refractivity contribution is 5.95. The van der Waals surface area contributed by atoms with Gasteiger partial charge in [0.1, 0.15) is 17.7 Å². The quantitative estimate of drug-likeness (QED) is 0.687. The summed E-state index contributed by atoms with van der Waals surface area (Å²) >= 11 is 0. The Hall–Kier alpha value is -3.43. The van der Waals surface area contributed by atoms with Crippen molar-refractivity contribution in [1.29, 1.82) is 0 Å². The molecule has 1 fully saturated rings. The Morgan fingerprint density at radius 3 is 2.22 bits per heavy atom. The van der Waals surface area contributed by atoms with Crippen molar-refractivity contribution >= 4 is 17.7 Å². The lowest BCUT2D eigenvalue weighted by Crippen LogP contribution is -2.46. The highest BCUT2D eigenvalue weighted by Gasteiger charge is 2.31. The molecule has 2 aromatic carbocycles. The molecule has 10 heteroatoms. The maximum Gasteiger partial charge on any atom is 0.256 e. The fourth-order valence-corrected chi connectivity index (χ4v) is 3.57. The molecule has 3 amide bonds. The number of carbonyl (C=O) groups is 3. The molecule has 0 saturated carbocycles. The molecule has 1 unspecified atom stereocenters. The van der Waals surface area contributed by atoms with Crippen LogP contribution < -0.4 is 10.6 Å². The number of benzene rings is 2. The van der Waals surface area contributed by atoms with E-state index in [0.717, 1.165) is 24.3 Å². The molecule has 1 atom stereocenters. The second-order valence-corrected chi connectivity index (χ2v) is 7.42. The minimum atomic E-state index is -1.23. The molecular weight excluding hydrogens is 430 g/mol. The predicted molar refractivity (Wildman–Crippen MR) is 106 cm³/mol. The van der Waals surface area contributed by atoms with E-state index in [1.54, 1.807) is 0 Å². The Kier molecular flexibility index (Phi) is 7.12. The van der Waals surface area contributed by atoms with Gasteiger partial charge < -0.3 is 15.5 Å². The molecule has 0 spiro atoms. The third kappa shape index (κ3) is 5.06. The van der Waals surface area contributed by atoms with Crippen molar-refractivity contribution in [3.05, 3.63) is 70.8 Å². The summed E-state index contributed by atoms with van der Waals surface area (Å²) in [4.78, 5) is 38.8. The van der Waals surface area contributed by atoms with Gasteiger partial charge in [0.2, 0.25) is 11.8 Å². The minimum absolute atomic E-state index is 0.0796. The van der Waals surface area contributed by atoms with Crippen molar-refractivity contribution in [2.24, 2.45) is 5.92 Å². The number of likely N-dealkylation sites (N-methyl/N-ethyl adjacent to an activating group) is 1. The molecule has 0 aliphatic carbocycles. The van der Waals surface area contributed by atoms with Gasteiger partial charge in [-0.2, -0.15) is 0 Å². The molecule has 0 bridgehead atoms. The molecule has 32 heavy (non-hydrogen) atoms. The molecule has 1 saturated heterocycles. The fourth-order valence-electron chi connectivity index (χ4n) is 3.57. The zero-order valence-electron chi connectivity index (χ0n) is 17.1. The maximum absolute atomic E-state index is 13.9. The first-order chi connectivity index (χ1) is 15.2. The first-order valence-electron chi connectivity index (χ1n) is 9.92. The fraction of sp³-hybridized carbons (Fsp3) is 0.318. The van der Waals surface area contributed by atoms with Gasteiger partial charge in [-0.15, -0.1) is 0 Å². The number of likely N-dealkylation sites (tertiary alicyclic amines) is 1. The number of hydrogen-bond acceptors (Lipinski definition) is 3. The number of rotatable bonds is 5. The van der Waals surface area contributed by atoms with Crippen LogP contribution in [0.1, 0.15) is 34.8 Å². The van der Waals surface area contributed by atoms with E-state index >= 15 is 0 Å². The normalized spacial score (nSPS) is 15.2. The first kappa shape index (κ1) is 23.2. The topological polar surface area (TPSA) is 78.5 Å². The van der Waals surface area contributed by atoms with Crippen molar-refractivity contribution in [3.63, 3.8) is 0 Å². The van der Waals surface area contributed by atoms with Gasteiger partial charge in [-0.3, -0.25) is 14.4 Å². The zero-order valence-corrected chi connectivity index (χ0v) is 17.1. The summed E-state index contributed by atoms with van der Waals surface area (Å²) in [6.07, 6.45) is 0.497. The van der Waals surface area contributed by atoms with Gasteiger partial charge in [-0.05, 0) is 42.7 Å². The van der Waals surface area contributed by atoms with E-state index in [-0.39, 0.29) is 37.1 Å². The third-order valence-corrected chi connectivity index (χ3v) is 5.39. The number of halogens is 4. The monoisotopic (exact) mass is 451 g/mol. The predicted octanol–water partition coefficient (Wildman–Crippen LogP) is 2.70. The molecule has 2 N–H and O–H groups in total. The van der Waals surface area contributed by atoms with Crippen LogP contribution in [-0.2, 0) is 9.59 Å². The second kappa shape index (κ2) is 9.80. The van der Waals surface area contributed by atoms with E-state index in [4.69, 9.17) is 0 Å². The zero-order chi connectivity index (χ0) is 23.4. The molecule has 1 heterocycles. The number of nitrogens with zero attached hydrogens (tertiary/aromatic N) is 1. The van der Waals surface area contributed by atoms with Gasteiger partial charge in [0, 0.05) is 32.1 Å². The lowest BCUT2D eigenvalue weighted by Gasteiger charge is -2.32. The van der Waals surface area contributed by atoms with Crippen LogP contribution >= 0.6 is 0 Å². The molecule has 6 nitrogen and oxygen atoms in total. The second-order valence-electron chi connectivity index (χ2n) is 7.42. The number of nitrogens with one attached hydrogen (secondary N) is 2. The van der Waals surface area contributed by atoms with Crippen LogP contribution in [0.3, 0.4) is 0 Å². The highest BCUT2D eigenvalue weighted by atomic mass is 19.2. The number of carbonyl (C=O) groups excluding carboxylic acids is 3. The summed E-state index contributed by atoms with van der Waals surface area (Å²) < 4.78 is 53.8. The Balaban J connectivity index is 1.65. The van der Waals surface area contributed by atoms with Crippen molar-refractivity contribution < 1.29 is 31.9 Å². The minimum Gasteiger partial charge on any atom is -0.357 e. The standard InChI is InChI=1S/C22H21F4N3O3/c1-27-21(31)19(13-2-5-16(24)18(26)10-13)28-20(30)12-6-8-29(9-7-12)22(32)15-4-3-14(23)11-17(15)25/h2-5,10-12,19H,6-9H2,1H3,(H,27,31)(H,28,30). The van der Waals surface area contributed by atoms with Crippen LogP contribution in [0.5, 0.6) is 0 Å². The SMILES string of the molecule is CNC(=O)C(NC(=O)C1CCN(C(=O)c2ccc(F)cc2F)CC1)c1ccc(F)c(F)c1. The van der Waals surface area contributed by atoms with Gasteiger partial charge in [0.05, 0.1) is 5.56 Å². The third-order valence-electron chi connectivity index (χ3n) is 5.39. The van der Waals surface area contributed by atoms with E-state index in [9.17, 15) is 31.9 Å². The van der Waals surface area contributed by atoms with Crippen molar-refractivity contribution in [2.45, 2.75) is 18.9 Å². The molecule has 170 valence electrons. The molecule has 2 aromatic rings. The van der Waals surface area contributed by atoms with E-state index < -0.39 is 53.0 Å². The van der Waals surface area contributed by atoms with E-state index in [1.807, 2.05) is 0 Å². The molecule has 0 aromatic heterocycles. The largest absolute Gasteiger partial charge is 0.357 e. The number of hydrogen-bond donors (Lipinski definition) is 2. The van der Waals surface area contributed by atoms with Crippen molar-refractivity contribution in [3.8, 4) is 0 Å². The van der Waals surface area contributed by atoms with Gasteiger partial charge >= 0.3 is 0 Å². The Morgan fingerprint density at radius 2 is 1.62 bits per heavy atom. The maximum atomic E-state index is 13.9. The van der Waals surface area contributed by atoms with Crippen LogP contribution in [0.4, 0.5) is 17.6 Å². The van der Waals surface area contributed by atoms with E-state index in [0.29, 0.717) is 6.07 Å². The van der Waals surface area contributed by atoms with Crippen LogP contribution in [0.2, 0.25) is 0 Å². The lowest BCUT2D eigenvalue weighted by molar-refractivity contribution is -0.131. The average molecular weight is 451 g/mol. The smallest absolute Gasteiger partial charge is 0.256 e. The number of piperidine rings is 1. The molecule has 1 aliphatic rings. The molecule has 0 radical (unpaired) electrons. The lowest BCUT2D eigenvalue weighted by atomic mass is 9.94. The molecule has 1 aliphatic heterocycles. The summed E-state index contributed by atoms with van der Waals surface area (Å²) in [6.45, 7) is 0.313. The number of amides is 3. The van der Waals surface area contributed by atoms with Gasteiger partial charge in [-0.1, -0.05) is 6.07 Å². The summed E-state index contributed by atoms with van der Waals surface area (Å²) in [6, 6.07) is 4.38. The highest BCUT2D eigenvalue weighted by Crippen LogP contribution is 2.23. The van der Waals surface area contributed by atoms with Gasteiger partial charge in [0.15, 0.2) is 11.6 Å². The van der Waals surface area contributed by atoms with Crippen molar-refractivity contribution in [2.75, 3.05) is 20.1 Å². The van der Waals surface area contributed by atoms with Crippen LogP contribution in [-0.4, -0.2) is 42.8 Å². The Morgan fingerprint density at radius 1 is 0.938 bits per heavy atom. The van der Waals surface area contributed by atoms with Crippen LogP contribution in [0.25, 0.3) is 0 Å². The summed E-state index contributed by atoms with van der Waals surface area (Å²) in [5.74, 6) is -6.22. The Labute approximate surface area is 181 Å². The first-order valence-corrected chi connectivity index (χ1v) is 9.92. The van der Waals surface area contributed by atoms with Gasteiger partial charge in [-0.25, -0.2) is 17.6 Å². The summed E-state index contributed by atoms with van der Waals surface area (Å²) in [7, 11) is 1.35. The van der Waals surface area contributed by atoms with Crippen LogP contribution in [0.15, 0.2) is 36.4 Å².